The minimum Gasteiger partial charge on any atom is -0.330 e. The normalized spacial score (nSPS) is 12.4. The van der Waals surface area contributed by atoms with Crippen LogP contribution in [0.25, 0.3) is 0 Å². The molecule has 0 fully saturated rings. The van der Waals surface area contributed by atoms with E-state index in [1.807, 2.05) is 48.5 Å². The molecule has 0 saturated carbocycles. The van der Waals surface area contributed by atoms with Crippen LogP contribution < -0.4 is 5.73 Å². The van der Waals surface area contributed by atoms with E-state index < -0.39 is 0 Å². The zero-order valence-electron chi connectivity index (χ0n) is 9.94. The Bertz CT molecular complexity index is 525. The smallest absolute Gasteiger partial charge is 0.0441 e. The van der Waals surface area contributed by atoms with Gasteiger partial charge >= 0.3 is 0 Å². The van der Waals surface area contributed by atoms with Crippen LogP contribution in [0.3, 0.4) is 0 Å². The van der Waals surface area contributed by atoms with Gasteiger partial charge < -0.3 is 5.73 Å². The zero-order chi connectivity index (χ0) is 13.0. The molecule has 0 radical (unpaired) electrons. The van der Waals surface area contributed by atoms with E-state index in [-0.39, 0.29) is 5.92 Å². The van der Waals surface area contributed by atoms with Gasteiger partial charge in [-0.15, -0.1) is 0 Å². The van der Waals surface area contributed by atoms with Gasteiger partial charge in [-0.3, -0.25) is 0 Å². The van der Waals surface area contributed by atoms with E-state index in [0.29, 0.717) is 6.54 Å². The Morgan fingerprint density at radius 1 is 0.889 bits per heavy atom. The Kier molecular flexibility index (Phi) is 4.65. The van der Waals surface area contributed by atoms with E-state index in [4.69, 9.17) is 28.9 Å². The minimum absolute atomic E-state index is 0.193. The van der Waals surface area contributed by atoms with Gasteiger partial charge in [-0.25, -0.2) is 0 Å². The first-order chi connectivity index (χ1) is 8.72. The third-order valence-corrected chi connectivity index (χ3v) is 3.77. The molecule has 0 heterocycles. The molecule has 0 aliphatic rings. The highest BCUT2D eigenvalue weighted by Crippen LogP contribution is 2.28. The number of nitrogens with two attached hydrogens (primary N) is 1. The molecule has 0 aromatic heterocycles. The predicted molar refractivity (Wildman–Crippen MR) is 78.4 cm³/mol. The van der Waals surface area contributed by atoms with Crippen LogP contribution in [0.5, 0.6) is 0 Å². The van der Waals surface area contributed by atoms with Crippen molar-refractivity contribution in [3.8, 4) is 0 Å². The molecule has 0 amide bonds. The Labute approximate surface area is 118 Å². The van der Waals surface area contributed by atoms with E-state index in [1.165, 1.54) is 0 Å². The molecule has 0 saturated heterocycles. The van der Waals surface area contributed by atoms with Crippen LogP contribution in [0.15, 0.2) is 48.5 Å². The summed E-state index contributed by atoms with van der Waals surface area (Å²) < 4.78 is 0. The molecule has 1 nitrogen and oxygen atoms in total. The quantitative estimate of drug-likeness (QED) is 0.888. The summed E-state index contributed by atoms with van der Waals surface area (Å²) in [7, 11) is 0. The van der Waals surface area contributed by atoms with Gasteiger partial charge in [-0.2, -0.15) is 0 Å². The van der Waals surface area contributed by atoms with Gasteiger partial charge in [0.15, 0.2) is 0 Å². The van der Waals surface area contributed by atoms with Crippen molar-refractivity contribution < 1.29 is 0 Å². The molecule has 18 heavy (non-hydrogen) atoms. The average Bonchev–Trinajstić information content (AvgIpc) is 2.39. The first-order valence-corrected chi connectivity index (χ1v) is 6.66. The first-order valence-electron chi connectivity index (χ1n) is 5.90. The van der Waals surface area contributed by atoms with E-state index >= 15 is 0 Å². The lowest BCUT2D eigenvalue weighted by molar-refractivity contribution is 0.695. The Morgan fingerprint density at radius 2 is 1.50 bits per heavy atom. The Morgan fingerprint density at radius 3 is 2.11 bits per heavy atom. The third kappa shape index (κ3) is 3.05. The van der Waals surface area contributed by atoms with Gasteiger partial charge in [0.25, 0.3) is 0 Å². The van der Waals surface area contributed by atoms with Crippen LogP contribution >= 0.6 is 23.2 Å². The lowest BCUT2D eigenvalue weighted by Crippen LogP contribution is -2.15. The molecule has 1 atom stereocenters. The lowest BCUT2D eigenvalue weighted by atomic mass is 9.92. The fraction of sp³-hybridized carbons (Fsp3) is 0.200. The highest BCUT2D eigenvalue weighted by molar-refractivity contribution is 6.31. The highest BCUT2D eigenvalue weighted by atomic mass is 35.5. The largest absolute Gasteiger partial charge is 0.330 e. The van der Waals surface area contributed by atoms with Gasteiger partial charge in [0, 0.05) is 16.0 Å². The zero-order valence-corrected chi connectivity index (χ0v) is 11.5. The number of benzene rings is 2. The first kappa shape index (κ1) is 13.4. The van der Waals surface area contributed by atoms with Crippen LogP contribution in [-0.4, -0.2) is 6.54 Å². The van der Waals surface area contributed by atoms with Crippen molar-refractivity contribution in [3.63, 3.8) is 0 Å². The summed E-state index contributed by atoms with van der Waals surface area (Å²) in [4.78, 5) is 0. The second-order valence-electron chi connectivity index (χ2n) is 4.25. The fourth-order valence-electron chi connectivity index (χ4n) is 2.06. The minimum atomic E-state index is 0.193. The molecule has 2 aromatic rings. The van der Waals surface area contributed by atoms with Crippen LogP contribution in [0.2, 0.25) is 10.0 Å². The Hall–Kier alpha value is -1.02. The van der Waals surface area contributed by atoms with Gasteiger partial charge in [-0.05, 0) is 36.2 Å². The average molecular weight is 280 g/mol. The van der Waals surface area contributed by atoms with Crippen LogP contribution in [0, 0.1) is 0 Å². The molecule has 2 rings (SSSR count). The van der Waals surface area contributed by atoms with E-state index in [2.05, 4.69) is 0 Å². The van der Waals surface area contributed by atoms with Crippen molar-refractivity contribution in [1.29, 1.82) is 0 Å². The number of hydrogen-bond acceptors (Lipinski definition) is 1. The summed E-state index contributed by atoms with van der Waals surface area (Å²) in [5, 5.41) is 1.54. The van der Waals surface area contributed by atoms with E-state index in [9.17, 15) is 0 Å². The van der Waals surface area contributed by atoms with Crippen molar-refractivity contribution in [2.45, 2.75) is 12.3 Å². The summed E-state index contributed by atoms with van der Waals surface area (Å²) in [5.41, 5.74) is 8.06. The van der Waals surface area contributed by atoms with Gasteiger partial charge in [0.05, 0.1) is 0 Å². The van der Waals surface area contributed by atoms with Crippen molar-refractivity contribution in [2.75, 3.05) is 6.54 Å². The maximum absolute atomic E-state index is 6.22. The second kappa shape index (κ2) is 6.24. The van der Waals surface area contributed by atoms with Gasteiger partial charge in [-0.1, -0.05) is 59.6 Å². The SMILES string of the molecule is NCC(Cc1ccccc1Cl)c1ccccc1Cl. The third-order valence-electron chi connectivity index (χ3n) is 3.05. The molecule has 0 bridgehead atoms. The highest BCUT2D eigenvalue weighted by Gasteiger charge is 2.14. The standard InChI is InChI=1S/C15H15Cl2N/c16-14-7-3-1-5-11(14)9-12(10-18)13-6-2-4-8-15(13)17/h1-8,12H,9-10,18H2. The predicted octanol–water partition coefficient (Wildman–Crippen LogP) is 4.28. The van der Waals surface area contributed by atoms with Crippen LogP contribution in [0.1, 0.15) is 17.0 Å². The molecule has 0 aliphatic carbocycles. The molecular weight excluding hydrogens is 265 g/mol. The molecule has 0 aliphatic heterocycles. The second-order valence-corrected chi connectivity index (χ2v) is 5.06. The molecule has 2 N–H and O–H groups in total. The molecule has 3 heteroatoms. The van der Waals surface area contributed by atoms with Crippen molar-refractivity contribution in [2.24, 2.45) is 5.73 Å². The summed E-state index contributed by atoms with van der Waals surface area (Å²) in [6, 6.07) is 15.7. The van der Waals surface area contributed by atoms with E-state index in [0.717, 1.165) is 27.6 Å². The van der Waals surface area contributed by atoms with Crippen molar-refractivity contribution in [1.82, 2.24) is 0 Å². The summed E-state index contributed by atoms with van der Waals surface area (Å²) in [6.07, 6.45) is 0.805. The fourth-order valence-corrected chi connectivity index (χ4v) is 2.56. The maximum Gasteiger partial charge on any atom is 0.0441 e. The summed E-state index contributed by atoms with van der Waals surface area (Å²) >= 11 is 12.4. The number of rotatable bonds is 4. The van der Waals surface area contributed by atoms with Gasteiger partial charge in [0.1, 0.15) is 0 Å². The summed E-state index contributed by atoms with van der Waals surface area (Å²) in [5.74, 6) is 0.193. The Balaban J connectivity index is 2.26. The molecular formula is C15H15Cl2N. The molecule has 1 unspecified atom stereocenters. The monoisotopic (exact) mass is 279 g/mol. The molecule has 2 aromatic carbocycles. The topological polar surface area (TPSA) is 26.0 Å². The maximum atomic E-state index is 6.22. The molecule has 94 valence electrons. The van der Waals surface area contributed by atoms with Gasteiger partial charge in [0.2, 0.25) is 0 Å². The van der Waals surface area contributed by atoms with Crippen molar-refractivity contribution >= 4 is 23.2 Å². The number of hydrogen-bond donors (Lipinski definition) is 1. The van der Waals surface area contributed by atoms with Crippen LogP contribution in [-0.2, 0) is 6.42 Å². The van der Waals surface area contributed by atoms with E-state index in [1.54, 1.807) is 0 Å². The van der Waals surface area contributed by atoms with Crippen molar-refractivity contribution in [3.05, 3.63) is 69.7 Å². The molecule has 0 spiro atoms. The lowest BCUT2D eigenvalue weighted by Gasteiger charge is -2.17. The van der Waals surface area contributed by atoms with Crippen LogP contribution in [0.4, 0.5) is 0 Å². The number of halogens is 2. The summed E-state index contributed by atoms with van der Waals surface area (Å²) in [6.45, 7) is 0.551.